The molecule has 4 heteroatoms. The normalized spacial score (nSPS) is 38.3. The Labute approximate surface area is 179 Å². The third-order valence-corrected chi connectivity index (χ3v) is 8.54. The van der Waals surface area contributed by atoms with E-state index in [0.29, 0.717) is 24.9 Å². The van der Waals surface area contributed by atoms with Crippen LogP contribution in [0.5, 0.6) is 5.75 Å². The van der Waals surface area contributed by atoms with Crippen LogP contribution < -0.4 is 4.74 Å². The van der Waals surface area contributed by atoms with Crippen molar-refractivity contribution in [2.45, 2.75) is 64.1 Å². The zero-order valence-electron chi connectivity index (χ0n) is 18.2. The van der Waals surface area contributed by atoms with E-state index in [1.54, 1.807) is 7.11 Å². The van der Waals surface area contributed by atoms with Crippen LogP contribution >= 0.6 is 0 Å². The number of fused-ring (bicyclic) bond motifs is 4. The Bertz CT molecular complexity index is 923. The van der Waals surface area contributed by atoms with Crippen molar-refractivity contribution < 1.29 is 19.4 Å². The summed E-state index contributed by atoms with van der Waals surface area (Å²) in [5, 5.41) is 11.3. The minimum Gasteiger partial charge on any atom is -0.497 e. The molecular weight excluding hydrogens is 376 g/mol. The van der Waals surface area contributed by atoms with Gasteiger partial charge < -0.3 is 14.6 Å². The average molecular weight is 409 g/mol. The molecule has 0 bridgehead atoms. The molecule has 4 aliphatic rings. The van der Waals surface area contributed by atoms with Crippen LogP contribution in [0.25, 0.3) is 0 Å². The van der Waals surface area contributed by atoms with Gasteiger partial charge in [0.05, 0.1) is 19.3 Å². The third-order valence-electron chi connectivity index (χ3n) is 8.54. The number of ketones is 1. The minimum absolute atomic E-state index is 0.133. The lowest BCUT2D eigenvalue weighted by Crippen LogP contribution is -2.46. The second-order valence-electron chi connectivity index (χ2n) is 10.0. The summed E-state index contributed by atoms with van der Waals surface area (Å²) in [6, 6.07) is 8.18. The Kier molecular flexibility index (Phi) is 4.71. The largest absolute Gasteiger partial charge is 0.497 e. The summed E-state index contributed by atoms with van der Waals surface area (Å²) in [7, 11) is 1.68. The van der Waals surface area contributed by atoms with E-state index in [1.807, 2.05) is 25.1 Å². The molecule has 1 saturated heterocycles. The second kappa shape index (κ2) is 7.06. The van der Waals surface area contributed by atoms with Gasteiger partial charge in [-0.1, -0.05) is 19.1 Å². The van der Waals surface area contributed by atoms with Gasteiger partial charge in [0.25, 0.3) is 0 Å². The fraction of sp³-hybridized carbons (Fsp3) is 0.577. The van der Waals surface area contributed by atoms with Gasteiger partial charge in [-0.25, -0.2) is 0 Å². The van der Waals surface area contributed by atoms with E-state index in [1.165, 1.54) is 16.7 Å². The van der Waals surface area contributed by atoms with Crippen LogP contribution in [-0.4, -0.2) is 30.2 Å². The maximum Gasteiger partial charge on any atom is 0.156 e. The van der Waals surface area contributed by atoms with Crippen LogP contribution in [0.15, 0.2) is 47.1 Å². The highest BCUT2D eigenvalue weighted by Crippen LogP contribution is 2.61. The maximum atomic E-state index is 12.1. The average Bonchev–Trinajstić information content (AvgIpc) is 2.89. The maximum absolute atomic E-state index is 12.1. The van der Waals surface area contributed by atoms with Crippen LogP contribution in [-0.2, 0) is 9.53 Å². The molecular formula is C26H32O4. The van der Waals surface area contributed by atoms with Crippen molar-refractivity contribution in [1.29, 1.82) is 0 Å². The molecule has 1 aromatic carbocycles. The van der Waals surface area contributed by atoms with Gasteiger partial charge in [0, 0.05) is 11.8 Å². The first-order chi connectivity index (χ1) is 14.3. The van der Waals surface area contributed by atoms with E-state index in [2.05, 4.69) is 19.1 Å². The fourth-order valence-electron chi connectivity index (χ4n) is 6.52. The van der Waals surface area contributed by atoms with Crippen LogP contribution in [0.3, 0.4) is 0 Å². The van der Waals surface area contributed by atoms with Crippen molar-refractivity contribution >= 4 is 5.78 Å². The summed E-state index contributed by atoms with van der Waals surface area (Å²) in [6.07, 6.45) is 6.99. The number of benzene rings is 1. The summed E-state index contributed by atoms with van der Waals surface area (Å²) in [4.78, 5) is 12.1. The zero-order valence-corrected chi connectivity index (χ0v) is 18.2. The van der Waals surface area contributed by atoms with Crippen molar-refractivity contribution in [2.75, 3.05) is 13.7 Å². The van der Waals surface area contributed by atoms with Crippen molar-refractivity contribution in [1.82, 2.24) is 0 Å². The standard InChI is InChI=1S/C26H32O4/c1-25-15-30-24(16-4-8-19(29-3)9-5-16)23-20-11-7-18(27)14-17(20)6-10-21(23)22(25)12-13-26(25,2)28/h4-5,8-9,14,21-22,24,28H,6-7,10-13,15H2,1-3H3/t21?,22?,24-,25+,26+/m1/s1. The molecule has 0 radical (unpaired) electrons. The zero-order chi connectivity index (χ0) is 21.1. The smallest absolute Gasteiger partial charge is 0.156 e. The number of aliphatic hydroxyl groups is 1. The first-order valence-corrected chi connectivity index (χ1v) is 11.3. The van der Waals surface area contributed by atoms with E-state index < -0.39 is 5.60 Å². The molecule has 2 fully saturated rings. The quantitative estimate of drug-likeness (QED) is 0.754. The molecule has 1 aliphatic heterocycles. The van der Waals surface area contributed by atoms with Gasteiger partial charge in [-0.15, -0.1) is 0 Å². The van der Waals surface area contributed by atoms with Crippen molar-refractivity contribution in [3.8, 4) is 5.75 Å². The molecule has 5 rings (SSSR count). The molecule has 5 atom stereocenters. The first-order valence-electron chi connectivity index (χ1n) is 11.3. The van der Waals surface area contributed by atoms with Gasteiger partial charge in [0.1, 0.15) is 11.9 Å². The van der Waals surface area contributed by atoms with Gasteiger partial charge in [0.15, 0.2) is 5.78 Å². The van der Waals surface area contributed by atoms with Gasteiger partial charge in [-0.2, -0.15) is 0 Å². The molecule has 2 unspecified atom stereocenters. The molecule has 4 nitrogen and oxygen atoms in total. The molecule has 0 spiro atoms. The lowest BCUT2D eigenvalue weighted by atomic mass is 9.62. The molecule has 1 N–H and O–H groups in total. The van der Waals surface area contributed by atoms with Crippen LogP contribution in [0, 0.1) is 17.3 Å². The van der Waals surface area contributed by atoms with Gasteiger partial charge in [-0.05, 0) is 91.4 Å². The van der Waals surface area contributed by atoms with E-state index in [4.69, 9.17) is 9.47 Å². The lowest BCUT2D eigenvalue weighted by molar-refractivity contribution is -0.114. The number of carbonyl (C=O) groups excluding carboxylic acids is 1. The number of ether oxygens (including phenoxy) is 2. The van der Waals surface area contributed by atoms with E-state index in [-0.39, 0.29) is 17.3 Å². The Morgan fingerprint density at radius 1 is 1.10 bits per heavy atom. The molecule has 0 aromatic heterocycles. The van der Waals surface area contributed by atoms with Crippen molar-refractivity contribution in [3.63, 3.8) is 0 Å². The summed E-state index contributed by atoms with van der Waals surface area (Å²) in [5.74, 6) is 1.87. The molecule has 0 amide bonds. The minimum atomic E-state index is -0.721. The summed E-state index contributed by atoms with van der Waals surface area (Å²) >= 11 is 0. The predicted molar refractivity (Wildman–Crippen MR) is 115 cm³/mol. The van der Waals surface area contributed by atoms with Gasteiger partial charge in [-0.3, -0.25) is 4.79 Å². The molecule has 1 heterocycles. The molecule has 30 heavy (non-hydrogen) atoms. The van der Waals surface area contributed by atoms with Crippen LogP contribution in [0.4, 0.5) is 0 Å². The number of rotatable bonds is 2. The molecule has 1 saturated carbocycles. The molecule has 3 aliphatic carbocycles. The first kappa shape index (κ1) is 20.0. The highest BCUT2D eigenvalue weighted by atomic mass is 16.5. The monoisotopic (exact) mass is 408 g/mol. The summed E-state index contributed by atoms with van der Waals surface area (Å²) in [5.41, 5.74) is 4.08. The number of hydrogen-bond acceptors (Lipinski definition) is 4. The Morgan fingerprint density at radius 2 is 1.87 bits per heavy atom. The van der Waals surface area contributed by atoms with Crippen molar-refractivity contribution in [2.24, 2.45) is 17.3 Å². The third kappa shape index (κ3) is 2.91. The van der Waals surface area contributed by atoms with Gasteiger partial charge >= 0.3 is 0 Å². The highest BCUT2D eigenvalue weighted by Gasteiger charge is 2.59. The van der Waals surface area contributed by atoms with Gasteiger partial charge in [0.2, 0.25) is 0 Å². The summed E-state index contributed by atoms with van der Waals surface area (Å²) in [6.45, 7) is 4.76. The summed E-state index contributed by atoms with van der Waals surface area (Å²) < 4.78 is 12.0. The van der Waals surface area contributed by atoms with Crippen molar-refractivity contribution in [3.05, 3.63) is 52.6 Å². The van der Waals surface area contributed by atoms with Crippen LogP contribution in [0.2, 0.25) is 0 Å². The number of methoxy groups -OCH3 is 1. The number of carbonyl (C=O) groups is 1. The topological polar surface area (TPSA) is 55.8 Å². The second-order valence-corrected chi connectivity index (χ2v) is 10.0. The Hall–Kier alpha value is -1.91. The van der Waals surface area contributed by atoms with Crippen LogP contribution in [0.1, 0.15) is 64.0 Å². The fourth-order valence-corrected chi connectivity index (χ4v) is 6.52. The van der Waals surface area contributed by atoms with E-state index in [0.717, 1.165) is 43.4 Å². The Morgan fingerprint density at radius 3 is 2.60 bits per heavy atom. The Balaban J connectivity index is 1.66. The number of allylic oxidation sites excluding steroid dienone is 3. The van der Waals surface area contributed by atoms with E-state index in [9.17, 15) is 9.90 Å². The molecule has 1 aromatic rings. The predicted octanol–water partition coefficient (Wildman–Crippen LogP) is 4.93. The van der Waals surface area contributed by atoms with E-state index >= 15 is 0 Å². The SMILES string of the molecule is COc1ccc([C@H]2OC[C@@]3(C)C(CC[C@]3(C)O)C3CCC4=CC(=O)CCC4=C32)cc1. The number of hydrogen-bond donors (Lipinski definition) is 1. The lowest BCUT2D eigenvalue weighted by Gasteiger charge is -2.43. The molecule has 160 valence electrons. The highest BCUT2D eigenvalue weighted by molar-refractivity contribution is 5.93.